The van der Waals surface area contributed by atoms with Crippen molar-refractivity contribution < 1.29 is 13.9 Å². The zero-order valence-corrected chi connectivity index (χ0v) is 12.3. The van der Waals surface area contributed by atoms with Crippen molar-refractivity contribution in [1.29, 1.82) is 0 Å². The van der Waals surface area contributed by atoms with Gasteiger partial charge in [-0.1, -0.05) is 18.2 Å². The predicted molar refractivity (Wildman–Crippen MR) is 77.4 cm³/mol. The van der Waals surface area contributed by atoms with Crippen LogP contribution in [0.15, 0.2) is 24.3 Å². The summed E-state index contributed by atoms with van der Waals surface area (Å²) in [6, 6.07) is 7.05. The highest BCUT2D eigenvalue weighted by Crippen LogP contribution is 2.31. The van der Waals surface area contributed by atoms with Gasteiger partial charge in [0, 0.05) is 38.7 Å². The lowest BCUT2D eigenvalue weighted by Crippen LogP contribution is -2.55. The van der Waals surface area contributed by atoms with E-state index in [1.165, 1.54) is 6.07 Å². The molecule has 1 aliphatic heterocycles. The zero-order valence-electron chi connectivity index (χ0n) is 12.3. The van der Waals surface area contributed by atoms with E-state index in [1.807, 2.05) is 26.1 Å². The van der Waals surface area contributed by atoms with Gasteiger partial charge in [0.2, 0.25) is 0 Å². The van der Waals surface area contributed by atoms with Crippen molar-refractivity contribution in [3.05, 3.63) is 35.6 Å². The summed E-state index contributed by atoms with van der Waals surface area (Å²) in [6.45, 7) is 4.08. The maximum absolute atomic E-state index is 13.9. The molecule has 1 saturated heterocycles. The molecule has 112 valence electrons. The Morgan fingerprint density at radius 2 is 2.05 bits per heavy atom. The Morgan fingerprint density at radius 3 is 2.65 bits per heavy atom. The lowest BCUT2D eigenvalue weighted by molar-refractivity contribution is -0.125. The van der Waals surface area contributed by atoms with E-state index in [1.54, 1.807) is 6.07 Å². The summed E-state index contributed by atoms with van der Waals surface area (Å²) in [5.41, 5.74) is 0.474. The van der Waals surface area contributed by atoms with Crippen LogP contribution in [0.1, 0.15) is 25.3 Å². The number of halogens is 1. The van der Waals surface area contributed by atoms with Gasteiger partial charge in [-0.15, -0.1) is 0 Å². The first kappa shape index (κ1) is 15.4. The number of benzene rings is 1. The average molecular weight is 281 g/mol. The van der Waals surface area contributed by atoms with Gasteiger partial charge >= 0.3 is 0 Å². The standard InChI is InChI=1S/C16H24FNO2/c1-3-20-16(8-10-19-11-9-16)15(18-2)12-13-6-4-5-7-14(13)17/h4-7,15,18H,3,8-12H2,1-2H3. The summed E-state index contributed by atoms with van der Waals surface area (Å²) in [4.78, 5) is 0. The van der Waals surface area contributed by atoms with Crippen molar-refractivity contribution in [2.75, 3.05) is 26.9 Å². The summed E-state index contributed by atoms with van der Waals surface area (Å²) in [7, 11) is 1.92. The molecule has 1 atom stereocenters. The van der Waals surface area contributed by atoms with Crippen LogP contribution in [0.25, 0.3) is 0 Å². The molecule has 0 radical (unpaired) electrons. The molecule has 0 aromatic heterocycles. The highest BCUT2D eigenvalue weighted by molar-refractivity contribution is 5.19. The van der Waals surface area contributed by atoms with Crippen LogP contribution >= 0.6 is 0 Å². The molecular formula is C16H24FNO2. The first-order valence-corrected chi connectivity index (χ1v) is 7.34. The van der Waals surface area contributed by atoms with Crippen LogP contribution in [0.2, 0.25) is 0 Å². The largest absolute Gasteiger partial charge is 0.381 e. The third-order valence-electron chi connectivity index (χ3n) is 4.14. The topological polar surface area (TPSA) is 30.5 Å². The van der Waals surface area contributed by atoms with Gasteiger partial charge in [-0.2, -0.15) is 0 Å². The van der Waals surface area contributed by atoms with Crippen molar-refractivity contribution in [1.82, 2.24) is 5.32 Å². The fourth-order valence-electron chi connectivity index (χ4n) is 3.03. The van der Waals surface area contributed by atoms with E-state index in [0.717, 1.165) is 18.4 Å². The van der Waals surface area contributed by atoms with Crippen molar-refractivity contribution >= 4 is 0 Å². The molecule has 2 rings (SSSR count). The second kappa shape index (κ2) is 7.16. The number of ether oxygens (including phenoxy) is 2. The van der Waals surface area contributed by atoms with Crippen LogP contribution in [-0.2, 0) is 15.9 Å². The van der Waals surface area contributed by atoms with Gasteiger partial charge in [-0.05, 0) is 32.0 Å². The fraction of sp³-hybridized carbons (Fsp3) is 0.625. The molecule has 4 heteroatoms. The summed E-state index contributed by atoms with van der Waals surface area (Å²) in [5.74, 6) is -0.147. The number of hydrogen-bond acceptors (Lipinski definition) is 3. The van der Waals surface area contributed by atoms with Gasteiger partial charge in [0.05, 0.1) is 5.60 Å². The molecule has 0 saturated carbocycles. The van der Waals surface area contributed by atoms with Gasteiger partial charge in [0.15, 0.2) is 0 Å². The van der Waals surface area contributed by atoms with Gasteiger partial charge in [-0.25, -0.2) is 4.39 Å². The van der Waals surface area contributed by atoms with Crippen LogP contribution in [0.4, 0.5) is 4.39 Å². The Hall–Kier alpha value is -0.970. The van der Waals surface area contributed by atoms with Crippen LogP contribution in [0.3, 0.4) is 0 Å². The maximum Gasteiger partial charge on any atom is 0.126 e. The minimum atomic E-state index is -0.260. The van der Waals surface area contributed by atoms with Gasteiger partial charge in [0.1, 0.15) is 5.82 Å². The average Bonchev–Trinajstić information content (AvgIpc) is 2.47. The summed E-state index contributed by atoms with van der Waals surface area (Å²) in [6.07, 6.45) is 2.32. The van der Waals surface area contributed by atoms with E-state index in [0.29, 0.717) is 26.2 Å². The Bertz CT molecular complexity index is 413. The minimum Gasteiger partial charge on any atom is -0.381 e. The van der Waals surface area contributed by atoms with Crippen LogP contribution in [0, 0.1) is 5.82 Å². The van der Waals surface area contributed by atoms with Gasteiger partial charge < -0.3 is 14.8 Å². The van der Waals surface area contributed by atoms with E-state index >= 15 is 0 Å². The Labute approximate surface area is 120 Å². The van der Waals surface area contributed by atoms with Gasteiger partial charge in [0.25, 0.3) is 0 Å². The molecule has 0 amide bonds. The summed E-state index contributed by atoms with van der Waals surface area (Å²) >= 11 is 0. The molecule has 1 aromatic carbocycles. The zero-order chi connectivity index (χ0) is 14.4. The van der Waals surface area contributed by atoms with E-state index in [2.05, 4.69) is 5.32 Å². The molecule has 0 aliphatic carbocycles. The predicted octanol–water partition coefficient (Wildman–Crippen LogP) is 2.54. The second-order valence-corrected chi connectivity index (χ2v) is 5.25. The quantitative estimate of drug-likeness (QED) is 0.869. The normalized spacial score (nSPS) is 19.8. The van der Waals surface area contributed by atoms with Crippen molar-refractivity contribution in [3.8, 4) is 0 Å². The molecule has 1 fully saturated rings. The summed E-state index contributed by atoms with van der Waals surface area (Å²) < 4.78 is 25.4. The Balaban J connectivity index is 2.18. The van der Waals surface area contributed by atoms with Crippen molar-refractivity contribution in [2.24, 2.45) is 0 Å². The molecular weight excluding hydrogens is 257 g/mol. The van der Waals surface area contributed by atoms with Crippen LogP contribution < -0.4 is 5.32 Å². The molecule has 3 nitrogen and oxygen atoms in total. The van der Waals surface area contributed by atoms with E-state index in [9.17, 15) is 4.39 Å². The van der Waals surface area contributed by atoms with Crippen LogP contribution in [0.5, 0.6) is 0 Å². The number of rotatable bonds is 6. The molecule has 0 spiro atoms. The van der Waals surface area contributed by atoms with Crippen molar-refractivity contribution in [3.63, 3.8) is 0 Å². The SMILES string of the molecule is CCOC1(C(Cc2ccccc2F)NC)CCOCC1. The molecule has 0 bridgehead atoms. The van der Waals surface area contributed by atoms with E-state index < -0.39 is 0 Å². The minimum absolute atomic E-state index is 0.0863. The van der Waals surface area contributed by atoms with Crippen molar-refractivity contribution in [2.45, 2.75) is 37.8 Å². The molecule has 1 unspecified atom stereocenters. The molecule has 1 N–H and O–H groups in total. The highest BCUT2D eigenvalue weighted by Gasteiger charge is 2.40. The second-order valence-electron chi connectivity index (χ2n) is 5.25. The lowest BCUT2D eigenvalue weighted by Gasteiger charge is -2.43. The maximum atomic E-state index is 13.9. The number of nitrogens with one attached hydrogen (secondary N) is 1. The number of likely N-dealkylation sites (N-methyl/N-ethyl adjacent to an activating group) is 1. The Kier molecular flexibility index (Phi) is 5.52. The Morgan fingerprint density at radius 1 is 1.35 bits per heavy atom. The highest BCUT2D eigenvalue weighted by atomic mass is 19.1. The van der Waals surface area contributed by atoms with E-state index in [-0.39, 0.29) is 17.5 Å². The fourth-order valence-corrected chi connectivity index (χ4v) is 3.03. The lowest BCUT2D eigenvalue weighted by atomic mass is 9.82. The molecule has 1 aromatic rings. The van der Waals surface area contributed by atoms with Gasteiger partial charge in [-0.3, -0.25) is 0 Å². The first-order chi connectivity index (χ1) is 9.72. The smallest absolute Gasteiger partial charge is 0.126 e. The third kappa shape index (κ3) is 3.37. The summed E-state index contributed by atoms with van der Waals surface area (Å²) in [5, 5.41) is 3.33. The molecule has 1 aliphatic rings. The van der Waals surface area contributed by atoms with E-state index in [4.69, 9.17) is 9.47 Å². The first-order valence-electron chi connectivity index (χ1n) is 7.34. The third-order valence-corrected chi connectivity index (χ3v) is 4.14. The number of hydrogen-bond donors (Lipinski definition) is 1. The molecule has 20 heavy (non-hydrogen) atoms. The monoisotopic (exact) mass is 281 g/mol. The molecule has 1 heterocycles. The van der Waals surface area contributed by atoms with Crippen LogP contribution in [-0.4, -0.2) is 38.5 Å².